The minimum atomic E-state index is -0.748. The lowest BCUT2D eigenvalue weighted by atomic mass is 9.96. The first-order chi connectivity index (χ1) is 17.0. The van der Waals surface area contributed by atoms with Crippen molar-refractivity contribution in [1.82, 2.24) is 4.57 Å². The molecule has 2 aliphatic rings. The van der Waals surface area contributed by atoms with E-state index in [9.17, 15) is 9.59 Å². The van der Waals surface area contributed by atoms with Crippen molar-refractivity contribution in [1.29, 1.82) is 0 Å². The van der Waals surface area contributed by atoms with Gasteiger partial charge in [0, 0.05) is 30.3 Å². The fourth-order valence-corrected chi connectivity index (χ4v) is 5.55. The Morgan fingerprint density at radius 3 is 2.77 bits per heavy atom. The Labute approximate surface area is 210 Å². The second kappa shape index (κ2) is 9.85. The maximum absolute atomic E-state index is 13.6. The van der Waals surface area contributed by atoms with E-state index in [1.807, 2.05) is 24.3 Å². The molecular weight excluding hydrogens is 490 g/mol. The number of thiazole rings is 1. The van der Waals surface area contributed by atoms with E-state index < -0.39 is 12.0 Å². The van der Waals surface area contributed by atoms with Crippen molar-refractivity contribution in [2.24, 2.45) is 4.99 Å². The molecule has 182 valence electrons. The average Bonchev–Trinajstić information content (AvgIpc) is 3.44. The quantitative estimate of drug-likeness (QED) is 0.488. The van der Waals surface area contributed by atoms with Gasteiger partial charge in [0.15, 0.2) is 10.7 Å². The lowest BCUT2D eigenvalue weighted by Gasteiger charge is -2.26. The highest BCUT2D eigenvalue weighted by molar-refractivity contribution is 7.07. The Kier molecular flexibility index (Phi) is 6.64. The molecule has 0 amide bonds. The third-order valence-electron chi connectivity index (χ3n) is 5.93. The molecule has 0 radical (unpaired) electrons. The van der Waals surface area contributed by atoms with Crippen LogP contribution < -0.4 is 19.8 Å². The number of furan rings is 1. The first kappa shape index (κ1) is 23.6. The Morgan fingerprint density at radius 2 is 2.03 bits per heavy atom. The van der Waals surface area contributed by atoms with E-state index >= 15 is 0 Å². The molecule has 1 aromatic carbocycles. The smallest absolute Gasteiger partial charge is 0.338 e. The number of ether oxygens (including phenoxy) is 2. The van der Waals surface area contributed by atoms with Crippen molar-refractivity contribution in [3.63, 3.8) is 0 Å². The molecule has 0 bridgehead atoms. The number of carbonyl (C=O) groups is 1. The summed E-state index contributed by atoms with van der Waals surface area (Å²) in [7, 11) is 0. The van der Waals surface area contributed by atoms with Crippen LogP contribution in [-0.4, -0.2) is 43.4 Å². The largest absolute Gasteiger partial charge is 0.463 e. The SMILES string of the molecule is CCOC(=O)C1=C(C)N=c2s/c(=C/c3ccc(N4CCOCC4)o3)c(=O)n2[C@H]1c1ccccc1Cl. The average molecular weight is 514 g/mol. The predicted octanol–water partition coefficient (Wildman–Crippen LogP) is 2.88. The summed E-state index contributed by atoms with van der Waals surface area (Å²) in [6.45, 7) is 6.50. The van der Waals surface area contributed by atoms with Crippen LogP contribution in [0.15, 0.2) is 61.9 Å². The van der Waals surface area contributed by atoms with Crippen LogP contribution in [0.1, 0.15) is 31.2 Å². The van der Waals surface area contributed by atoms with Gasteiger partial charge >= 0.3 is 5.97 Å². The van der Waals surface area contributed by atoms with E-state index in [2.05, 4.69) is 9.89 Å². The molecule has 5 rings (SSSR count). The summed E-state index contributed by atoms with van der Waals surface area (Å²) in [4.78, 5) is 33.8. The monoisotopic (exact) mass is 513 g/mol. The van der Waals surface area contributed by atoms with E-state index in [-0.39, 0.29) is 12.2 Å². The summed E-state index contributed by atoms with van der Waals surface area (Å²) in [5.74, 6) is 0.781. The van der Waals surface area contributed by atoms with Crippen LogP contribution in [0.3, 0.4) is 0 Å². The number of hydrogen-bond donors (Lipinski definition) is 0. The minimum Gasteiger partial charge on any atom is -0.463 e. The summed E-state index contributed by atoms with van der Waals surface area (Å²) in [6.07, 6.45) is 1.71. The third-order valence-corrected chi connectivity index (χ3v) is 7.25. The zero-order chi connectivity index (χ0) is 24.5. The van der Waals surface area contributed by atoms with Gasteiger partial charge in [-0.1, -0.05) is 41.1 Å². The van der Waals surface area contributed by atoms with Gasteiger partial charge in [0.25, 0.3) is 5.56 Å². The molecule has 0 spiro atoms. The second-order valence-electron chi connectivity index (χ2n) is 8.10. The van der Waals surface area contributed by atoms with Gasteiger partial charge in [-0.25, -0.2) is 9.79 Å². The van der Waals surface area contributed by atoms with Gasteiger partial charge in [0.1, 0.15) is 11.8 Å². The van der Waals surface area contributed by atoms with Crippen LogP contribution in [-0.2, 0) is 14.3 Å². The number of carbonyl (C=O) groups excluding carboxylic acids is 1. The molecule has 2 aliphatic heterocycles. The number of halogens is 1. The number of benzene rings is 1. The molecule has 0 aliphatic carbocycles. The fourth-order valence-electron chi connectivity index (χ4n) is 4.29. The van der Waals surface area contributed by atoms with Crippen LogP contribution >= 0.6 is 22.9 Å². The summed E-state index contributed by atoms with van der Waals surface area (Å²) >= 11 is 7.77. The number of esters is 1. The normalized spacial score (nSPS) is 18.4. The van der Waals surface area contributed by atoms with E-state index in [4.69, 9.17) is 25.5 Å². The number of fused-ring (bicyclic) bond motifs is 1. The van der Waals surface area contributed by atoms with Gasteiger partial charge < -0.3 is 18.8 Å². The molecule has 10 heteroatoms. The maximum atomic E-state index is 13.6. The molecular formula is C25H24ClN3O5S. The number of aromatic nitrogens is 1. The van der Waals surface area contributed by atoms with E-state index in [1.54, 1.807) is 32.1 Å². The Balaban J connectivity index is 1.62. The number of anilines is 1. The highest BCUT2D eigenvalue weighted by Gasteiger charge is 2.34. The Bertz CT molecular complexity index is 1480. The lowest BCUT2D eigenvalue weighted by molar-refractivity contribution is -0.139. The van der Waals surface area contributed by atoms with Crippen molar-refractivity contribution >= 4 is 40.9 Å². The van der Waals surface area contributed by atoms with Gasteiger partial charge in [-0.15, -0.1) is 0 Å². The predicted molar refractivity (Wildman–Crippen MR) is 134 cm³/mol. The van der Waals surface area contributed by atoms with E-state index in [0.717, 1.165) is 19.0 Å². The second-order valence-corrected chi connectivity index (χ2v) is 9.52. The van der Waals surface area contributed by atoms with Crippen molar-refractivity contribution < 1.29 is 18.7 Å². The third kappa shape index (κ3) is 4.47. The van der Waals surface area contributed by atoms with Gasteiger partial charge in [-0.3, -0.25) is 9.36 Å². The molecule has 3 aromatic rings. The first-order valence-corrected chi connectivity index (χ1v) is 12.5. The molecule has 1 fully saturated rings. The number of morpholine rings is 1. The zero-order valence-electron chi connectivity index (χ0n) is 19.3. The molecule has 0 unspecified atom stereocenters. The van der Waals surface area contributed by atoms with Gasteiger partial charge in [0.05, 0.1) is 35.6 Å². The molecule has 35 heavy (non-hydrogen) atoms. The van der Waals surface area contributed by atoms with Crippen LogP contribution in [0.4, 0.5) is 5.88 Å². The van der Waals surface area contributed by atoms with Gasteiger partial charge in [-0.2, -0.15) is 0 Å². The summed E-state index contributed by atoms with van der Waals surface area (Å²) < 4.78 is 18.7. The molecule has 0 saturated carbocycles. The van der Waals surface area contributed by atoms with E-state index in [1.165, 1.54) is 15.9 Å². The molecule has 8 nitrogen and oxygen atoms in total. The van der Waals surface area contributed by atoms with Crippen LogP contribution in [0.5, 0.6) is 0 Å². The molecule has 1 saturated heterocycles. The number of rotatable bonds is 5. The maximum Gasteiger partial charge on any atom is 0.338 e. The van der Waals surface area contributed by atoms with Crippen LogP contribution in [0.2, 0.25) is 5.02 Å². The first-order valence-electron chi connectivity index (χ1n) is 11.3. The molecule has 2 aromatic heterocycles. The summed E-state index contributed by atoms with van der Waals surface area (Å²) in [6, 6.07) is 10.2. The van der Waals surface area contributed by atoms with Gasteiger partial charge in [-0.05, 0) is 31.5 Å². The summed E-state index contributed by atoms with van der Waals surface area (Å²) in [5, 5.41) is 0.449. The molecule has 1 atom stereocenters. The zero-order valence-corrected chi connectivity index (χ0v) is 20.9. The van der Waals surface area contributed by atoms with Crippen molar-refractivity contribution in [2.45, 2.75) is 19.9 Å². The van der Waals surface area contributed by atoms with Gasteiger partial charge in [0.2, 0.25) is 0 Å². The van der Waals surface area contributed by atoms with Crippen LogP contribution in [0, 0.1) is 0 Å². The van der Waals surface area contributed by atoms with Crippen molar-refractivity contribution in [3.8, 4) is 0 Å². The van der Waals surface area contributed by atoms with Crippen molar-refractivity contribution in [2.75, 3.05) is 37.8 Å². The fraction of sp³-hybridized carbons (Fsp3) is 0.320. The number of nitrogens with zero attached hydrogens (tertiary/aromatic N) is 3. The Morgan fingerprint density at radius 1 is 1.26 bits per heavy atom. The topological polar surface area (TPSA) is 86.3 Å². The highest BCUT2D eigenvalue weighted by Crippen LogP contribution is 2.34. The Hall–Kier alpha value is -3.14. The van der Waals surface area contributed by atoms with Crippen LogP contribution in [0.25, 0.3) is 6.08 Å². The summed E-state index contributed by atoms with van der Waals surface area (Å²) in [5.41, 5.74) is 1.14. The minimum absolute atomic E-state index is 0.208. The molecule has 4 heterocycles. The lowest BCUT2D eigenvalue weighted by Crippen LogP contribution is -2.40. The number of allylic oxidation sites excluding steroid dienone is 1. The molecule has 0 N–H and O–H groups in total. The number of hydrogen-bond acceptors (Lipinski definition) is 8. The highest BCUT2D eigenvalue weighted by atomic mass is 35.5. The van der Waals surface area contributed by atoms with Crippen molar-refractivity contribution in [3.05, 3.63) is 83.7 Å². The van der Waals surface area contributed by atoms with E-state index in [0.29, 0.717) is 50.2 Å². The standard InChI is InChI=1S/C25H24ClN3O5S/c1-3-33-24(31)21-15(2)27-25-29(22(21)17-6-4-5-7-18(17)26)23(30)19(35-25)14-16-8-9-20(34-16)28-10-12-32-13-11-28/h4-9,14,22H,3,10-13H2,1-2H3/b19-14+/t22-/m0/s1.